The standard InChI is InChI=1S/C22H28O6S2.C2H5O.Al/c1-25-17-5-15(6-18(9-17)26-2)11-29-13-21(23)22(24)14-30-12-16-7-19(27-3)10-20(8-16)28-4;1-2-3;/h5-10,21-22H,11-14H2,1-4H3;2H2,1H3;/q-2;-1;+3. The Morgan fingerprint density at radius 2 is 1.06 bits per heavy atom. The normalized spacial score (nSPS) is 17.6. The van der Waals surface area contributed by atoms with Crippen LogP contribution in [0.15, 0.2) is 36.4 Å². The van der Waals surface area contributed by atoms with Crippen molar-refractivity contribution in [2.75, 3.05) is 46.6 Å². The van der Waals surface area contributed by atoms with Crippen molar-refractivity contribution in [1.29, 1.82) is 0 Å². The topological polar surface area (TPSA) is 64.6 Å². The van der Waals surface area contributed by atoms with Crippen molar-refractivity contribution < 1.29 is 30.3 Å². The first-order valence-electron chi connectivity index (χ1n) is 11.1. The molecule has 7 nitrogen and oxygen atoms in total. The maximum Gasteiger partial charge on any atom is 0.906 e. The minimum absolute atomic E-state index is 0.00747. The van der Waals surface area contributed by atoms with Gasteiger partial charge in [-0.1, -0.05) is 0 Å². The van der Waals surface area contributed by atoms with Gasteiger partial charge >= 0.3 is 15.1 Å². The van der Waals surface area contributed by atoms with Crippen LogP contribution in [0.4, 0.5) is 0 Å². The zero-order chi connectivity index (χ0) is 24.3. The van der Waals surface area contributed by atoms with Crippen molar-refractivity contribution in [3.05, 3.63) is 47.5 Å². The minimum Gasteiger partial charge on any atom is -0.497 e. The second-order valence-corrected chi connectivity index (χ2v) is 11.1. The molecule has 0 spiro atoms. The largest absolute Gasteiger partial charge is 0.906 e. The number of thioether (sulfide) groups is 2. The molecule has 2 aromatic rings. The Kier molecular flexibility index (Phi) is 11.5. The first-order chi connectivity index (χ1) is 16.6. The Bertz CT molecular complexity index is 788. The van der Waals surface area contributed by atoms with Gasteiger partial charge in [-0.05, 0) is 42.3 Å². The monoisotopic (exact) mass is 524 g/mol. The summed E-state index contributed by atoms with van der Waals surface area (Å²) in [5, 5.41) is 0. The van der Waals surface area contributed by atoms with Gasteiger partial charge in [0.2, 0.25) is 0 Å². The minimum atomic E-state index is -2.09. The molecule has 0 amide bonds. The number of methoxy groups -OCH3 is 4. The van der Waals surface area contributed by atoms with E-state index in [-0.39, 0.29) is 12.2 Å². The average molecular weight is 525 g/mol. The average Bonchev–Trinajstić information content (AvgIpc) is 3.24. The maximum absolute atomic E-state index is 6.19. The molecule has 0 N–H and O–H groups in total. The fraction of sp³-hybridized carbons (Fsp3) is 0.500. The molecule has 1 aliphatic rings. The lowest BCUT2D eigenvalue weighted by molar-refractivity contribution is 0.173. The van der Waals surface area contributed by atoms with Gasteiger partial charge in [0.05, 0.1) is 40.6 Å². The van der Waals surface area contributed by atoms with Crippen LogP contribution in [0.25, 0.3) is 0 Å². The summed E-state index contributed by atoms with van der Waals surface area (Å²) in [5.41, 5.74) is 2.30. The van der Waals surface area contributed by atoms with Crippen LogP contribution in [0.2, 0.25) is 0 Å². The summed E-state index contributed by atoms with van der Waals surface area (Å²) >= 11 is 1.54. The number of ether oxygens (including phenoxy) is 4. The Balaban J connectivity index is 1.55. The number of hydrogen-bond acceptors (Lipinski definition) is 9. The van der Waals surface area contributed by atoms with Crippen molar-refractivity contribution in [3.63, 3.8) is 0 Å². The molecule has 1 fully saturated rings. The van der Waals surface area contributed by atoms with E-state index in [1.807, 2.05) is 66.8 Å². The van der Waals surface area contributed by atoms with Gasteiger partial charge in [0, 0.05) is 41.8 Å². The van der Waals surface area contributed by atoms with Gasteiger partial charge < -0.3 is 30.3 Å². The lowest BCUT2D eigenvalue weighted by Crippen LogP contribution is -2.27. The molecular weight excluding hydrogens is 491 g/mol. The van der Waals surface area contributed by atoms with Crippen LogP contribution < -0.4 is 18.9 Å². The first-order valence-corrected chi connectivity index (χ1v) is 14.8. The van der Waals surface area contributed by atoms with E-state index in [2.05, 4.69) is 0 Å². The van der Waals surface area contributed by atoms with Crippen molar-refractivity contribution >= 4 is 38.7 Å². The summed E-state index contributed by atoms with van der Waals surface area (Å²) in [6.45, 7) is 2.57. The van der Waals surface area contributed by atoms with Gasteiger partial charge in [0.1, 0.15) is 23.0 Å². The van der Waals surface area contributed by atoms with Gasteiger partial charge in [-0.2, -0.15) is 23.5 Å². The Hall–Kier alpha value is -1.25. The maximum atomic E-state index is 6.19. The van der Waals surface area contributed by atoms with Crippen LogP contribution in [-0.2, 0) is 22.9 Å². The Labute approximate surface area is 216 Å². The van der Waals surface area contributed by atoms with Gasteiger partial charge in [-0.25, -0.2) is 0 Å². The summed E-state index contributed by atoms with van der Waals surface area (Å²) in [6.07, 6.45) is 0.0149. The molecule has 1 saturated heterocycles. The van der Waals surface area contributed by atoms with E-state index in [0.717, 1.165) is 57.1 Å². The second kappa shape index (κ2) is 14.3. The molecule has 2 unspecified atom stereocenters. The van der Waals surface area contributed by atoms with Gasteiger partial charge in [-0.15, -0.1) is 0 Å². The van der Waals surface area contributed by atoms with Gasteiger partial charge in [0.25, 0.3) is 0 Å². The molecule has 186 valence electrons. The molecule has 0 aliphatic carbocycles. The summed E-state index contributed by atoms with van der Waals surface area (Å²) < 4.78 is 39.6. The predicted molar refractivity (Wildman–Crippen MR) is 139 cm³/mol. The van der Waals surface area contributed by atoms with E-state index < -0.39 is 15.1 Å². The van der Waals surface area contributed by atoms with Crippen LogP contribution in [0.3, 0.4) is 0 Å². The van der Waals surface area contributed by atoms with Crippen LogP contribution in [0.5, 0.6) is 23.0 Å². The zero-order valence-electron chi connectivity index (χ0n) is 20.4. The number of rotatable bonds is 14. The van der Waals surface area contributed by atoms with Gasteiger partial charge in [-0.3, -0.25) is 0 Å². The van der Waals surface area contributed by atoms with Crippen LogP contribution in [0, 0.1) is 0 Å². The highest BCUT2D eigenvalue weighted by atomic mass is 32.2. The Morgan fingerprint density at radius 3 is 1.38 bits per heavy atom. The van der Waals surface area contributed by atoms with E-state index in [0.29, 0.717) is 6.61 Å². The summed E-state index contributed by atoms with van der Waals surface area (Å²) in [6, 6.07) is 11.9. The van der Waals surface area contributed by atoms with Crippen molar-refractivity contribution in [2.45, 2.75) is 30.6 Å². The lowest BCUT2D eigenvalue weighted by atomic mass is 10.2. The second-order valence-electron chi connectivity index (χ2n) is 7.57. The fourth-order valence-corrected chi connectivity index (χ4v) is 7.46. The summed E-state index contributed by atoms with van der Waals surface area (Å²) in [4.78, 5) is 0. The molecule has 34 heavy (non-hydrogen) atoms. The zero-order valence-corrected chi connectivity index (χ0v) is 23.2. The highest BCUT2D eigenvalue weighted by molar-refractivity contribution is 7.98. The third-order valence-electron chi connectivity index (χ3n) is 5.21. The van der Waals surface area contributed by atoms with E-state index in [9.17, 15) is 0 Å². The number of benzene rings is 2. The molecule has 0 radical (unpaired) electrons. The summed E-state index contributed by atoms with van der Waals surface area (Å²) in [5.74, 6) is 6.49. The van der Waals surface area contributed by atoms with Gasteiger partial charge in [0.15, 0.2) is 0 Å². The highest BCUT2D eigenvalue weighted by Gasteiger charge is 2.46. The fourth-order valence-electron chi connectivity index (χ4n) is 3.49. The third kappa shape index (κ3) is 8.16. The molecular formula is C24H33AlO7S2. The molecule has 10 heteroatoms. The molecule has 0 saturated carbocycles. The molecule has 2 atom stereocenters. The molecule has 3 rings (SSSR count). The van der Waals surface area contributed by atoms with Crippen LogP contribution in [-0.4, -0.2) is 73.9 Å². The van der Waals surface area contributed by atoms with E-state index >= 15 is 0 Å². The van der Waals surface area contributed by atoms with Crippen LogP contribution >= 0.6 is 23.5 Å². The SMILES string of the molecule is CC[O][Al]1[O]C(CSCc2cc(OC)cc(OC)c2)C(CSCc2cc(OC)cc(OC)c2)[O]1. The first kappa shape index (κ1) is 27.3. The summed E-state index contributed by atoms with van der Waals surface area (Å²) in [7, 11) is 6.66. The number of hydrogen-bond donors (Lipinski definition) is 0. The molecule has 1 heterocycles. The van der Waals surface area contributed by atoms with Crippen molar-refractivity contribution in [3.8, 4) is 23.0 Å². The highest BCUT2D eigenvalue weighted by Crippen LogP contribution is 2.30. The molecule has 0 bridgehead atoms. The predicted octanol–water partition coefficient (Wildman–Crippen LogP) is 4.69. The van der Waals surface area contributed by atoms with Crippen LogP contribution in [0.1, 0.15) is 18.1 Å². The smallest absolute Gasteiger partial charge is 0.497 e. The molecule has 0 aromatic heterocycles. The van der Waals surface area contributed by atoms with E-state index in [4.69, 9.17) is 30.3 Å². The lowest BCUT2D eigenvalue weighted by Gasteiger charge is -2.19. The van der Waals surface area contributed by atoms with Crippen molar-refractivity contribution in [2.24, 2.45) is 0 Å². The Morgan fingerprint density at radius 1 is 0.676 bits per heavy atom. The van der Waals surface area contributed by atoms with E-state index in [1.54, 1.807) is 28.4 Å². The quantitative estimate of drug-likeness (QED) is 0.328. The van der Waals surface area contributed by atoms with E-state index in [1.165, 1.54) is 0 Å². The molecule has 2 aromatic carbocycles. The molecule has 1 aliphatic heterocycles. The third-order valence-corrected chi connectivity index (χ3v) is 9.17. The van der Waals surface area contributed by atoms with Crippen molar-refractivity contribution in [1.82, 2.24) is 0 Å².